The van der Waals surface area contributed by atoms with Crippen LogP contribution in [0, 0.1) is 0 Å². The lowest BCUT2D eigenvalue weighted by molar-refractivity contribution is 0.0734. The van der Waals surface area contributed by atoms with Crippen molar-refractivity contribution in [3.05, 3.63) is 71.0 Å². The Labute approximate surface area is 213 Å². The molecule has 1 aromatic heterocycles. The number of nitrogens with zero attached hydrogens (tertiary/aromatic N) is 2. The van der Waals surface area contributed by atoms with Crippen molar-refractivity contribution in [1.29, 1.82) is 0 Å². The highest BCUT2D eigenvalue weighted by Gasteiger charge is 2.12. The summed E-state index contributed by atoms with van der Waals surface area (Å²) < 4.78 is 11.3. The predicted molar refractivity (Wildman–Crippen MR) is 141 cm³/mol. The zero-order chi connectivity index (χ0) is 24.9. The third-order valence-corrected chi connectivity index (χ3v) is 6.07. The minimum atomic E-state index is -0.474. The Kier molecular flexibility index (Phi) is 11.0. The quantitative estimate of drug-likeness (QED) is 0.129. The van der Waals surface area contributed by atoms with Crippen molar-refractivity contribution in [3.8, 4) is 22.9 Å². The molecule has 0 aliphatic rings. The van der Waals surface area contributed by atoms with Crippen LogP contribution in [0.25, 0.3) is 11.4 Å². The van der Waals surface area contributed by atoms with E-state index in [0.29, 0.717) is 34.5 Å². The lowest BCUT2D eigenvalue weighted by Crippen LogP contribution is -2.08. The Balaban J connectivity index is 1.52. The van der Waals surface area contributed by atoms with Crippen LogP contribution in [-0.4, -0.2) is 22.5 Å². The van der Waals surface area contributed by atoms with Crippen LogP contribution in [0.15, 0.2) is 54.9 Å². The van der Waals surface area contributed by atoms with E-state index >= 15 is 0 Å². The van der Waals surface area contributed by atoms with Crippen molar-refractivity contribution in [3.63, 3.8) is 0 Å². The molecule has 5 nitrogen and oxygen atoms in total. The molecule has 0 saturated carbocycles. The zero-order valence-electron chi connectivity index (χ0n) is 20.8. The van der Waals surface area contributed by atoms with Crippen molar-refractivity contribution < 1.29 is 14.3 Å². The molecule has 3 rings (SSSR count). The number of carbonyl (C=O) groups is 1. The van der Waals surface area contributed by atoms with Crippen molar-refractivity contribution in [2.24, 2.45) is 0 Å². The van der Waals surface area contributed by atoms with E-state index in [0.717, 1.165) is 36.8 Å². The molecule has 186 valence electrons. The second-order valence-electron chi connectivity index (χ2n) is 8.69. The highest BCUT2D eigenvalue weighted by atomic mass is 35.5. The van der Waals surface area contributed by atoms with Gasteiger partial charge in [-0.3, -0.25) is 0 Å². The average Bonchev–Trinajstić information content (AvgIpc) is 2.88. The molecule has 0 amide bonds. The minimum Gasteiger partial charge on any atom is -0.492 e. The maximum absolute atomic E-state index is 12.6. The van der Waals surface area contributed by atoms with E-state index in [4.69, 9.17) is 21.1 Å². The number of aryl methyl sites for hydroxylation is 1. The van der Waals surface area contributed by atoms with Gasteiger partial charge in [0.1, 0.15) is 11.5 Å². The lowest BCUT2D eigenvalue weighted by atomic mass is 10.1. The molecule has 0 aliphatic heterocycles. The van der Waals surface area contributed by atoms with Crippen molar-refractivity contribution in [2.45, 2.75) is 71.6 Å². The van der Waals surface area contributed by atoms with Crippen LogP contribution in [0.5, 0.6) is 11.5 Å². The van der Waals surface area contributed by atoms with E-state index in [1.165, 1.54) is 32.1 Å². The smallest absolute Gasteiger partial charge is 0.343 e. The van der Waals surface area contributed by atoms with E-state index in [1.807, 2.05) is 24.5 Å². The van der Waals surface area contributed by atoms with Gasteiger partial charge in [-0.2, -0.15) is 0 Å². The predicted octanol–water partition coefficient (Wildman–Crippen LogP) is 8.10. The molecule has 35 heavy (non-hydrogen) atoms. The second kappa shape index (κ2) is 14.5. The van der Waals surface area contributed by atoms with Crippen LogP contribution in [0.2, 0.25) is 5.02 Å². The van der Waals surface area contributed by atoms with Gasteiger partial charge in [-0.25, -0.2) is 14.8 Å². The molecule has 6 heteroatoms. The molecule has 2 aromatic carbocycles. The summed E-state index contributed by atoms with van der Waals surface area (Å²) in [7, 11) is 0. The van der Waals surface area contributed by atoms with Crippen molar-refractivity contribution >= 4 is 17.6 Å². The molecule has 0 N–H and O–H groups in total. The zero-order valence-corrected chi connectivity index (χ0v) is 21.5. The topological polar surface area (TPSA) is 61.3 Å². The van der Waals surface area contributed by atoms with E-state index in [1.54, 1.807) is 30.3 Å². The van der Waals surface area contributed by atoms with E-state index < -0.39 is 5.97 Å². The van der Waals surface area contributed by atoms with Crippen LogP contribution in [-0.2, 0) is 6.42 Å². The summed E-state index contributed by atoms with van der Waals surface area (Å²) in [5.74, 6) is 1.20. The first-order valence-electron chi connectivity index (χ1n) is 12.7. The summed E-state index contributed by atoms with van der Waals surface area (Å²) in [6, 6.07) is 12.1. The maximum Gasteiger partial charge on any atom is 0.343 e. The summed E-state index contributed by atoms with van der Waals surface area (Å²) in [5.41, 5.74) is 2.38. The number of rotatable bonds is 14. The first-order chi connectivity index (χ1) is 17.1. The second-order valence-corrected chi connectivity index (χ2v) is 9.10. The first-order valence-corrected chi connectivity index (χ1v) is 13.0. The van der Waals surface area contributed by atoms with Gasteiger partial charge in [0, 0.05) is 18.0 Å². The lowest BCUT2D eigenvalue weighted by Gasteiger charge is -2.10. The fourth-order valence-corrected chi connectivity index (χ4v) is 3.92. The summed E-state index contributed by atoms with van der Waals surface area (Å²) in [4.78, 5) is 21.5. The number of hydrogen-bond donors (Lipinski definition) is 0. The molecular formula is C29H35ClN2O3. The SMILES string of the molecule is CCCCCCCOc1ccc(C(=O)Oc2ccc(-c3ncc(CCCCC)cn3)cc2)cc1Cl. The number of carbonyl (C=O) groups excluding carboxylic acids is 1. The van der Waals surface area contributed by atoms with E-state index in [9.17, 15) is 4.79 Å². The fraction of sp³-hybridized carbons (Fsp3) is 0.414. The third kappa shape index (κ3) is 8.66. The van der Waals surface area contributed by atoms with Crippen molar-refractivity contribution in [2.75, 3.05) is 6.61 Å². The minimum absolute atomic E-state index is 0.372. The Hall–Kier alpha value is -2.92. The Morgan fingerprint density at radius 2 is 1.54 bits per heavy atom. The van der Waals surface area contributed by atoms with Gasteiger partial charge >= 0.3 is 5.97 Å². The number of unbranched alkanes of at least 4 members (excludes halogenated alkanes) is 6. The molecule has 3 aromatic rings. The van der Waals surface area contributed by atoms with Gasteiger partial charge in [-0.1, -0.05) is 64.0 Å². The highest BCUT2D eigenvalue weighted by Crippen LogP contribution is 2.27. The van der Waals surface area contributed by atoms with Crippen LogP contribution in [0.3, 0.4) is 0 Å². The molecule has 0 unspecified atom stereocenters. The van der Waals surface area contributed by atoms with Gasteiger partial charge in [0.25, 0.3) is 0 Å². The summed E-state index contributed by atoms with van der Waals surface area (Å²) in [5, 5.41) is 0.402. The number of halogens is 1. The molecule has 0 spiro atoms. The molecule has 0 bridgehead atoms. The van der Waals surface area contributed by atoms with Gasteiger partial charge in [0.05, 0.1) is 17.2 Å². The summed E-state index contributed by atoms with van der Waals surface area (Å²) in [6.45, 7) is 5.00. The average molecular weight is 495 g/mol. The number of hydrogen-bond acceptors (Lipinski definition) is 5. The van der Waals surface area contributed by atoms with Crippen LogP contribution in [0.1, 0.15) is 81.1 Å². The van der Waals surface area contributed by atoms with Crippen LogP contribution < -0.4 is 9.47 Å². The monoisotopic (exact) mass is 494 g/mol. The molecular weight excluding hydrogens is 460 g/mol. The number of esters is 1. The maximum atomic E-state index is 12.6. The Morgan fingerprint density at radius 3 is 2.23 bits per heavy atom. The molecule has 1 heterocycles. The Bertz CT molecular complexity index is 1050. The first kappa shape index (κ1) is 26.7. The molecule has 0 saturated heterocycles. The molecule has 0 atom stereocenters. The molecule has 0 fully saturated rings. The number of benzene rings is 2. The molecule has 0 aliphatic carbocycles. The van der Waals surface area contributed by atoms with E-state index in [2.05, 4.69) is 23.8 Å². The van der Waals surface area contributed by atoms with Gasteiger partial charge in [-0.15, -0.1) is 0 Å². The van der Waals surface area contributed by atoms with Crippen molar-refractivity contribution in [1.82, 2.24) is 9.97 Å². The van der Waals surface area contributed by atoms with Crippen LogP contribution in [0.4, 0.5) is 0 Å². The number of aromatic nitrogens is 2. The van der Waals surface area contributed by atoms with Gasteiger partial charge in [0.15, 0.2) is 5.82 Å². The summed E-state index contributed by atoms with van der Waals surface area (Å²) >= 11 is 6.33. The van der Waals surface area contributed by atoms with Gasteiger partial charge in [0.2, 0.25) is 0 Å². The van der Waals surface area contributed by atoms with Crippen LogP contribution >= 0.6 is 11.6 Å². The third-order valence-electron chi connectivity index (χ3n) is 5.77. The van der Waals surface area contributed by atoms with Gasteiger partial charge in [-0.05, 0) is 67.3 Å². The number of ether oxygens (including phenoxy) is 2. The normalized spacial score (nSPS) is 10.8. The highest BCUT2D eigenvalue weighted by molar-refractivity contribution is 6.32. The summed E-state index contributed by atoms with van der Waals surface area (Å²) in [6.07, 6.45) is 14.2. The Morgan fingerprint density at radius 1 is 0.857 bits per heavy atom. The largest absolute Gasteiger partial charge is 0.492 e. The fourth-order valence-electron chi connectivity index (χ4n) is 3.68. The molecule has 0 radical (unpaired) electrons. The standard InChI is InChI=1S/C29H35ClN2O3/c1-3-5-7-8-10-18-34-27-17-14-24(19-26(27)30)29(33)35-25-15-12-23(13-16-25)28-31-20-22(21-32-28)11-9-6-4-2/h12-17,19-21H,3-11,18H2,1-2H3. The van der Waals surface area contributed by atoms with Gasteiger partial charge < -0.3 is 9.47 Å². The van der Waals surface area contributed by atoms with E-state index in [-0.39, 0.29) is 0 Å².